The Hall–Kier alpha value is -0.830. The maximum Gasteiger partial charge on any atom is 0.0691 e. The second-order valence-electron chi connectivity index (χ2n) is 5.12. The molecule has 3 nitrogen and oxygen atoms in total. The topological polar surface area (TPSA) is 40.7 Å². The van der Waals surface area contributed by atoms with Crippen molar-refractivity contribution in [1.29, 1.82) is 0 Å². The van der Waals surface area contributed by atoms with Gasteiger partial charge in [-0.25, -0.2) is 0 Å². The Morgan fingerprint density at radius 1 is 1.47 bits per heavy atom. The first kappa shape index (κ1) is 9.40. The van der Waals surface area contributed by atoms with Gasteiger partial charge in [-0.3, -0.25) is 5.10 Å². The zero-order chi connectivity index (χ0) is 10.4. The molecule has 2 aliphatic carbocycles. The van der Waals surface area contributed by atoms with Gasteiger partial charge in [-0.1, -0.05) is 6.92 Å². The van der Waals surface area contributed by atoms with Crippen LogP contribution in [0, 0.1) is 5.92 Å². The minimum Gasteiger partial charge on any atom is -0.319 e. The van der Waals surface area contributed by atoms with Gasteiger partial charge in [-0.05, 0) is 32.2 Å². The highest BCUT2D eigenvalue weighted by molar-refractivity contribution is 5.38. The summed E-state index contributed by atoms with van der Waals surface area (Å²) in [7, 11) is 2.04. The average Bonchev–Trinajstić information content (AvgIpc) is 2.91. The van der Waals surface area contributed by atoms with Gasteiger partial charge in [0.05, 0.1) is 5.69 Å². The van der Waals surface area contributed by atoms with E-state index < -0.39 is 0 Å². The molecule has 2 aliphatic rings. The van der Waals surface area contributed by atoms with E-state index in [0.717, 1.165) is 18.4 Å². The van der Waals surface area contributed by atoms with Crippen LogP contribution in [0.4, 0.5) is 0 Å². The molecule has 0 aliphatic heterocycles. The molecule has 0 radical (unpaired) electrons. The molecule has 2 atom stereocenters. The molecule has 0 aromatic carbocycles. The molecule has 3 rings (SSSR count). The summed E-state index contributed by atoms with van der Waals surface area (Å²) in [5.74, 6) is 2.22. The fraction of sp³-hybridized carbons (Fsp3) is 0.750. The van der Waals surface area contributed by atoms with Crippen molar-refractivity contribution in [3.8, 4) is 0 Å². The molecule has 2 unspecified atom stereocenters. The Morgan fingerprint density at radius 3 is 2.93 bits per heavy atom. The number of nitrogens with one attached hydrogen (secondary N) is 2. The van der Waals surface area contributed by atoms with Gasteiger partial charge in [0.25, 0.3) is 0 Å². The lowest BCUT2D eigenvalue weighted by molar-refractivity contribution is 0.473. The Bertz CT molecular complexity index is 365. The third-order valence-corrected chi connectivity index (χ3v) is 3.88. The van der Waals surface area contributed by atoms with E-state index in [1.54, 1.807) is 5.56 Å². The number of fused-ring (bicyclic) bond motifs is 1. The first-order valence-corrected chi connectivity index (χ1v) is 6.03. The van der Waals surface area contributed by atoms with Gasteiger partial charge < -0.3 is 5.32 Å². The van der Waals surface area contributed by atoms with Crippen molar-refractivity contribution < 1.29 is 0 Å². The van der Waals surface area contributed by atoms with Crippen LogP contribution in [0.2, 0.25) is 0 Å². The molecule has 3 heteroatoms. The van der Waals surface area contributed by atoms with Gasteiger partial charge >= 0.3 is 0 Å². The number of likely N-dealkylation sites (N-methyl/N-ethyl adjacent to an activating group) is 1. The van der Waals surface area contributed by atoms with Crippen LogP contribution in [0.3, 0.4) is 0 Å². The largest absolute Gasteiger partial charge is 0.319 e. The summed E-state index contributed by atoms with van der Waals surface area (Å²) in [5, 5.41) is 11.1. The standard InChI is InChI=1S/C12H19N3/c1-7-5-10-11(9(7)6-13-2)12(15-14-10)8-3-4-8/h7-9,13H,3-6H2,1-2H3,(H,14,15). The first-order chi connectivity index (χ1) is 7.31. The van der Waals surface area contributed by atoms with Crippen molar-refractivity contribution in [2.75, 3.05) is 13.6 Å². The van der Waals surface area contributed by atoms with Gasteiger partial charge in [0.1, 0.15) is 0 Å². The molecule has 2 N–H and O–H groups in total. The lowest BCUT2D eigenvalue weighted by atomic mass is 9.92. The van der Waals surface area contributed by atoms with Crippen LogP contribution >= 0.6 is 0 Å². The molecule has 0 amide bonds. The van der Waals surface area contributed by atoms with Crippen molar-refractivity contribution in [1.82, 2.24) is 15.5 Å². The summed E-state index contributed by atoms with van der Waals surface area (Å²) in [6, 6.07) is 0. The Balaban J connectivity index is 1.96. The highest BCUT2D eigenvalue weighted by Gasteiger charge is 2.38. The van der Waals surface area contributed by atoms with E-state index in [4.69, 9.17) is 0 Å². The highest BCUT2D eigenvalue weighted by Crippen LogP contribution is 2.47. The average molecular weight is 205 g/mol. The van der Waals surface area contributed by atoms with Gasteiger partial charge in [-0.2, -0.15) is 5.10 Å². The number of aromatic amines is 1. The van der Waals surface area contributed by atoms with Crippen molar-refractivity contribution in [3.05, 3.63) is 17.0 Å². The highest BCUT2D eigenvalue weighted by atomic mass is 15.1. The predicted molar refractivity (Wildman–Crippen MR) is 60.1 cm³/mol. The molecular weight excluding hydrogens is 186 g/mol. The van der Waals surface area contributed by atoms with E-state index in [1.165, 1.54) is 30.7 Å². The maximum atomic E-state index is 4.51. The summed E-state index contributed by atoms with van der Waals surface area (Å²) in [5.41, 5.74) is 4.35. The van der Waals surface area contributed by atoms with Crippen LogP contribution in [-0.4, -0.2) is 23.8 Å². The zero-order valence-electron chi connectivity index (χ0n) is 9.51. The smallest absolute Gasteiger partial charge is 0.0691 e. The minimum atomic E-state index is 0.680. The molecule has 1 saturated carbocycles. The normalized spacial score (nSPS) is 29.5. The lowest BCUT2D eigenvalue weighted by Crippen LogP contribution is -2.20. The van der Waals surface area contributed by atoms with Crippen LogP contribution in [0.5, 0.6) is 0 Å². The van der Waals surface area contributed by atoms with Gasteiger partial charge in [0.15, 0.2) is 0 Å². The van der Waals surface area contributed by atoms with Crippen molar-refractivity contribution >= 4 is 0 Å². The van der Waals surface area contributed by atoms with Crippen LogP contribution in [0.15, 0.2) is 0 Å². The molecule has 1 aromatic heterocycles. The second kappa shape index (κ2) is 3.34. The first-order valence-electron chi connectivity index (χ1n) is 6.03. The van der Waals surface area contributed by atoms with Gasteiger partial charge in [0, 0.05) is 29.6 Å². The van der Waals surface area contributed by atoms with Crippen molar-refractivity contribution in [3.63, 3.8) is 0 Å². The SMILES string of the molecule is CNCC1c2c(C3CC3)n[nH]c2CC1C. The van der Waals surface area contributed by atoms with Crippen LogP contribution in [0.25, 0.3) is 0 Å². The molecule has 0 saturated heterocycles. The van der Waals surface area contributed by atoms with E-state index in [0.29, 0.717) is 5.92 Å². The number of rotatable bonds is 3. The predicted octanol–water partition coefficient (Wildman–Crippen LogP) is 1.78. The minimum absolute atomic E-state index is 0.680. The van der Waals surface area contributed by atoms with E-state index >= 15 is 0 Å². The molecular formula is C12H19N3. The van der Waals surface area contributed by atoms with Crippen LogP contribution < -0.4 is 5.32 Å². The molecule has 1 heterocycles. The lowest BCUT2D eigenvalue weighted by Gasteiger charge is -2.16. The molecule has 82 valence electrons. The number of hydrogen-bond donors (Lipinski definition) is 2. The van der Waals surface area contributed by atoms with E-state index in [1.807, 2.05) is 7.05 Å². The second-order valence-corrected chi connectivity index (χ2v) is 5.12. The molecule has 1 aromatic rings. The fourth-order valence-corrected chi connectivity index (χ4v) is 2.91. The number of hydrogen-bond acceptors (Lipinski definition) is 2. The summed E-state index contributed by atoms with van der Waals surface area (Å²) in [6.07, 6.45) is 3.87. The Labute approximate surface area is 90.7 Å². The summed E-state index contributed by atoms with van der Waals surface area (Å²) in [6.45, 7) is 3.44. The molecule has 0 spiro atoms. The van der Waals surface area contributed by atoms with Crippen molar-refractivity contribution in [2.45, 2.75) is 38.0 Å². The molecule has 0 bridgehead atoms. The quantitative estimate of drug-likeness (QED) is 0.789. The number of nitrogens with zero attached hydrogens (tertiary/aromatic N) is 1. The van der Waals surface area contributed by atoms with E-state index in [-0.39, 0.29) is 0 Å². The fourth-order valence-electron chi connectivity index (χ4n) is 2.91. The van der Waals surface area contributed by atoms with Crippen LogP contribution in [0.1, 0.15) is 48.6 Å². The molecule has 15 heavy (non-hydrogen) atoms. The Kier molecular flexibility index (Phi) is 2.09. The molecule has 1 fully saturated rings. The van der Waals surface area contributed by atoms with Gasteiger partial charge in [0.2, 0.25) is 0 Å². The van der Waals surface area contributed by atoms with E-state index in [9.17, 15) is 0 Å². The monoisotopic (exact) mass is 205 g/mol. The van der Waals surface area contributed by atoms with Gasteiger partial charge in [-0.15, -0.1) is 0 Å². The van der Waals surface area contributed by atoms with E-state index in [2.05, 4.69) is 22.4 Å². The summed E-state index contributed by atoms with van der Waals surface area (Å²) in [4.78, 5) is 0. The summed E-state index contributed by atoms with van der Waals surface area (Å²) < 4.78 is 0. The summed E-state index contributed by atoms with van der Waals surface area (Å²) >= 11 is 0. The Morgan fingerprint density at radius 2 is 2.27 bits per heavy atom. The zero-order valence-corrected chi connectivity index (χ0v) is 9.51. The van der Waals surface area contributed by atoms with Crippen LogP contribution in [-0.2, 0) is 6.42 Å². The maximum absolute atomic E-state index is 4.51. The third-order valence-electron chi connectivity index (χ3n) is 3.88. The van der Waals surface area contributed by atoms with Crippen molar-refractivity contribution in [2.24, 2.45) is 5.92 Å². The number of H-pyrrole nitrogens is 1. The number of aromatic nitrogens is 2. The third kappa shape index (κ3) is 1.41.